The van der Waals surface area contributed by atoms with Crippen LogP contribution in [0.15, 0.2) is 12.1 Å². The van der Waals surface area contributed by atoms with Crippen molar-refractivity contribution in [3.8, 4) is 5.75 Å². The van der Waals surface area contributed by atoms with E-state index in [1.165, 1.54) is 0 Å². The van der Waals surface area contributed by atoms with Crippen molar-refractivity contribution in [3.63, 3.8) is 0 Å². The number of nitrogens with zero attached hydrogens (tertiary/aromatic N) is 1. The Kier molecular flexibility index (Phi) is 6.23. The van der Waals surface area contributed by atoms with Gasteiger partial charge in [-0.15, -0.1) is 0 Å². The minimum absolute atomic E-state index is 0.00979. The van der Waals surface area contributed by atoms with Crippen molar-refractivity contribution in [2.45, 2.75) is 53.0 Å². The molecule has 0 unspecified atom stereocenters. The van der Waals surface area contributed by atoms with Crippen LogP contribution in [0.1, 0.15) is 42.9 Å². The maximum absolute atomic E-state index is 12.4. The molecule has 0 radical (unpaired) electrons. The lowest BCUT2D eigenvalue weighted by Gasteiger charge is -2.32. The number of piperidine rings is 1. The van der Waals surface area contributed by atoms with Crippen LogP contribution in [0.25, 0.3) is 0 Å². The maximum atomic E-state index is 12.4. The quantitative estimate of drug-likeness (QED) is 0.901. The summed E-state index contributed by atoms with van der Waals surface area (Å²) < 4.78 is 5.81. The highest BCUT2D eigenvalue weighted by Gasteiger charge is 2.24. The number of amides is 2. The summed E-state index contributed by atoms with van der Waals surface area (Å²) in [6.45, 7) is 9.31. The van der Waals surface area contributed by atoms with Crippen LogP contribution in [0, 0.1) is 20.8 Å². The average molecular weight is 332 g/mol. The van der Waals surface area contributed by atoms with Gasteiger partial charge in [0.1, 0.15) is 5.75 Å². The van der Waals surface area contributed by atoms with Crippen LogP contribution in [0.5, 0.6) is 5.75 Å². The fourth-order valence-corrected chi connectivity index (χ4v) is 2.98. The standard InChI is InChI=1S/C19H28N2O3/c1-5-17(22)20-16-8-10-21(11-9-16)18(23)12-24-19-14(3)7-6-13(2)15(19)4/h6-7,16H,5,8-12H2,1-4H3,(H,20,22). The molecule has 0 saturated carbocycles. The number of rotatable bonds is 5. The Morgan fingerprint density at radius 3 is 2.42 bits per heavy atom. The molecule has 1 aliphatic rings. The van der Waals surface area contributed by atoms with Gasteiger partial charge in [0.05, 0.1) is 0 Å². The van der Waals surface area contributed by atoms with E-state index in [0.29, 0.717) is 19.5 Å². The number of carbonyl (C=O) groups excluding carboxylic acids is 2. The third kappa shape index (κ3) is 4.49. The Bertz CT molecular complexity index is 605. The van der Waals surface area contributed by atoms with Gasteiger partial charge in [0.15, 0.2) is 6.61 Å². The van der Waals surface area contributed by atoms with Gasteiger partial charge in [-0.25, -0.2) is 0 Å². The van der Waals surface area contributed by atoms with Crippen LogP contribution in [0.4, 0.5) is 0 Å². The monoisotopic (exact) mass is 332 g/mol. The average Bonchev–Trinajstić information content (AvgIpc) is 2.58. The third-order valence-electron chi connectivity index (χ3n) is 4.75. The predicted molar refractivity (Wildman–Crippen MR) is 94.2 cm³/mol. The van der Waals surface area contributed by atoms with Crippen molar-refractivity contribution in [2.24, 2.45) is 0 Å². The lowest BCUT2D eigenvalue weighted by atomic mass is 10.0. The van der Waals surface area contributed by atoms with Gasteiger partial charge in [-0.1, -0.05) is 19.1 Å². The Balaban J connectivity index is 1.84. The Morgan fingerprint density at radius 2 is 1.79 bits per heavy atom. The molecule has 1 aromatic rings. The van der Waals surface area contributed by atoms with Gasteiger partial charge in [0, 0.05) is 25.6 Å². The zero-order valence-corrected chi connectivity index (χ0v) is 15.1. The molecule has 1 aromatic carbocycles. The zero-order chi connectivity index (χ0) is 17.7. The number of hydrogen-bond acceptors (Lipinski definition) is 3. The number of nitrogens with one attached hydrogen (secondary N) is 1. The van der Waals surface area contributed by atoms with Crippen molar-refractivity contribution >= 4 is 11.8 Å². The maximum Gasteiger partial charge on any atom is 0.260 e. The molecule has 1 aliphatic heterocycles. The molecule has 1 saturated heterocycles. The minimum Gasteiger partial charge on any atom is -0.483 e. The number of aryl methyl sites for hydroxylation is 2. The summed E-state index contributed by atoms with van der Waals surface area (Å²) in [5, 5.41) is 3.00. The smallest absolute Gasteiger partial charge is 0.260 e. The highest BCUT2D eigenvalue weighted by molar-refractivity contribution is 5.78. The molecule has 5 nitrogen and oxygen atoms in total. The molecule has 24 heavy (non-hydrogen) atoms. The van der Waals surface area contributed by atoms with E-state index < -0.39 is 0 Å². The second-order valence-electron chi connectivity index (χ2n) is 6.52. The second-order valence-corrected chi connectivity index (χ2v) is 6.52. The molecular weight excluding hydrogens is 304 g/mol. The van der Waals surface area contributed by atoms with Gasteiger partial charge < -0.3 is 15.0 Å². The summed E-state index contributed by atoms with van der Waals surface area (Å²) in [5.41, 5.74) is 3.30. The number of carbonyl (C=O) groups is 2. The van der Waals surface area contributed by atoms with Gasteiger partial charge in [-0.3, -0.25) is 9.59 Å². The summed E-state index contributed by atoms with van der Waals surface area (Å²) in [6, 6.07) is 4.27. The largest absolute Gasteiger partial charge is 0.483 e. The fraction of sp³-hybridized carbons (Fsp3) is 0.579. The van der Waals surface area contributed by atoms with Crippen LogP contribution >= 0.6 is 0 Å². The van der Waals surface area contributed by atoms with E-state index in [-0.39, 0.29) is 24.5 Å². The van der Waals surface area contributed by atoms with Crippen LogP contribution in [-0.4, -0.2) is 42.5 Å². The normalized spacial score (nSPS) is 15.2. The van der Waals surface area contributed by atoms with Gasteiger partial charge in [-0.2, -0.15) is 0 Å². The zero-order valence-electron chi connectivity index (χ0n) is 15.1. The summed E-state index contributed by atoms with van der Waals surface area (Å²) in [4.78, 5) is 25.6. The van der Waals surface area contributed by atoms with Gasteiger partial charge in [0.2, 0.25) is 5.91 Å². The van der Waals surface area contributed by atoms with E-state index in [0.717, 1.165) is 35.3 Å². The number of likely N-dealkylation sites (tertiary alicyclic amines) is 1. The van der Waals surface area contributed by atoms with Crippen molar-refractivity contribution in [2.75, 3.05) is 19.7 Å². The fourth-order valence-electron chi connectivity index (χ4n) is 2.98. The van der Waals surface area contributed by atoms with Crippen molar-refractivity contribution in [1.29, 1.82) is 0 Å². The van der Waals surface area contributed by atoms with E-state index in [9.17, 15) is 9.59 Å². The summed E-state index contributed by atoms with van der Waals surface area (Å²) in [5.74, 6) is 0.900. The topological polar surface area (TPSA) is 58.6 Å². The Labute approximate surface area is 144 Å². The van der Waals surface area contributed by atoms with Crippen molar-refractivity contribution in [3.05, 3.63) is 28.8 Å². The third-order valence-corrected chi connectivity index (χ3v) is 4.75. The van der Waals surface area contributed by atoms with Gasteiger partial charge in [0.25, 0.3) is 5.91 Å². The Morgan fingerprint density at radius 1 is 1.17 bits per heavy atom. The first kappa shape index (κ1) is 18.3. The summed E-state index contributed by atoms with van der Waals surface area (Å²) in [7, 11) is 0. The van der Waals surface area contributed by atoms with E-state index in [1.807, 2.05) is 38.7 Å². The summed E-state index contributed by atoms with van der Waals surface area (Å²) in [6.07, 6.45) is 2.11. The molecule has 0 aromatic heterocycles. The first-order chi connectivity index (χ1) is 11.4. The lowest BCUT2D eigenvalue weighted by Crippen LogP contribution is -2.47. The first-order valence-electron chi connectivity index (χ1n) is 8.69. The van der Waals surface area contributed by atoms with Crippen LogP contribution in [-0.2, 0) is 9.59 Å². The van der Waals surface area contributed by atoms with Crippen LogP contribution < -0.4 is 10.1 Å². The summed E-state index contributed by atoms with van der Waals surface area (Å²) >= 11 is 0. The minimum atomic E-state index is 0.00979. The molecular formula is C19H28N2O3. The molecule has 2 amide bonds. The Hall–Kier alpha value is -2.04. The molecule has 132 valence electrons. The first-order valence-corrected chi connectivity index (χ1v) is 8.69. The molecule has 1 heterocycles. The molecule has 1 N–H and O–H groups in total. The van der Waals surface area contributed by atoms with E-state index in [2.05, 4.69) is 11.4 Å². The van der Waals surface area contributed by atoms with Crippen molar-refractivity contribution in [1.82, 2.24) is 10.2 Å². The highest BCUT2D eigenvalue weighted by atomic mass is 16.5. The van der Waals surface area contributed by atoms with Crippen LogP contribution in [0.3, 0.4) is 0 Å². The van der Waals surface area contributed by atoms with Crippen LogP contribution in [0.2, 0.25) is 0 Å². The van der Waals surface area contributed by atoms with Gasteiger partial charge in [-0.05, 0) is 50.3 Å². The highest BCUT2D eigenvalue weighted by Crippen LogP contribution is 2.25. The number of benzene rings is 1. The number of ether oxygens (including phenoxy) is 1. The van der Waals surface area contributed by atoms with Gasteiger partial charge >= 0.3 is 0 Å². The SMILES string of the molecule is CCC(=O)NC1CCN(C(=O)COc2c(C)ccc(C)c2C)CC1. The molecule has 0 spiro atoms. The molecule has 0 bridgehead atoms. The molecule has 0 aliphatic carbocycles. The molecule has 0 atom stereocenters. The second kappa shape index (κ2) is 8.18. The molecule has 5 heteroatoms. The lowest BCUT2D eigenvalue weighted by molar-refractivity contribution is -0.134. The van der Waals surface area contributed by atoms with Crippen molar-refractivity contribution < 1.29 is 14.3 Å². The van der Waals surface area contributed by atoms with E-state index in [1.54, 1.807) is 0 Å². The van der Waals surface area contributed by atoms with E-state index >= 15 is 0 Å². The van der Waals surface area contributed by atoms with E-state index in [4.69, 9.17) is 4.74 Å². The number of hydrogen-bond donors (Lipinski definition) is 1. The molecule has 1 fully saturated rings. The molecule has 2 rings (SSSR count). The predicted octanol–water partition coefficient (Wildman–Crippen LogP) is 2.51.